The van der Waals surface area contributed by atoms with Gasteiger partial charge in [-0.3, -0.25) is 9.13 Å². The van der Waals surface area contributed by atoms with Crippen molar-refractivity contribution in [1.29, 1.82) is 0 Å². The van der Waals surface area contributed by atoms with E-state index in [1.54, 1.807) is 10.8 Å². The number of hydrogen-bond donors (Lipinski definition) is 5. The Balaban J connectivity index is 0.000000280. The van der Waals surface area contributed by atoms with Crippen LogP contribution >= 0.6 is 13.5 Å². The molecule has 10 atom stereocenters. The second-order valence-electron chi connectivity index (χ2n) is 23.5. The van der Waals surface area contributed by atoms with Crippen LogP contribution < -0.4 is 27.0 Å². The van der Waals surface area contributed by atoms with Crippen LogP contribution in [0.2, 0.25) is 0 Å². The maximum absolute atomic E-state index is 16.1. The van der Waals surface area contributed by atoms with Crippen LogP contribution in [-0.4, -0.2) is 170 Å². The Morgan fingerprint density at radius 3 is 1.81 bits per heavy atom. The Labute approximate surface area is 516 Å². The normalized spacial score (nSPS) is 26.3. The van der Waals surface area contributed by atoms with Crippen LogP contribution in [-0.2, 0) is 62.6 Å². The SMILES string of the molecule is CCCC[N+](CCCC)(CCCC)CCCC.CCCC[N+](CCCC)(CCCC)CCCC.NCCNc1nc(N)c2ncn([C@@H]3O[C@@H]4COP([O-])(=S)O[C@H]5[C@@H](O)[C@H](n6cc7c8c(ncnc86)NCCC7)O[C@@H]5COP(=O)([S-])O[C@@H]3[C@@H]4F)c2n1. The average molecular weight is 1270 g/mol. The highest BCUT2D eigenvalue weighted by Gasteiger charge is 2.52. The summed E-state index contributed by atoms with van der Waals surface area (Å²) in [5.41, 5.74) is 13.4. The zero-order chi connectivity index (χ0) is 61.6. The molecule has 484 valence electrons. The van der Waals surface area contributed by atoms with Gasteiger partial charge in [0.05, 0.1) is 77.3 Å². The van der Waals surface area contributed by atoms with E-state index in [2.05, 4.69) is 90.9 Å². The number of unbranched alkanes of at least 4 members (excludes halogenated alkanes) is 8. The lowest BCUT2D eigenvalue weighted by atomic mass is 10.1. The summed E-state index contributed by atoms with van der Waals surface area (Å²) in [5, 5.41) is 18.5. The van der Waals surface area contributed by atoms with E-state index in [0.29, 0.717) is 24.4 Å². The molecular formula is C58H104FN13O9P2S2. The number of quaternary nitrogens is 2. The maximum Gasteiger partial charge on any atom is 0.226 e. The fourth-order valence-corrected chi connectivity index (χ4v) is 14.7. The zero-order valence-corrected chi connectivity index (χ0v) is 55.7. The first-order valence-corrected chi connectivity index (χ1v) is 37.2. The van der Waals surface area contributed by atoms with Gasteiger partial charge < -0.3 is 85.5 Å². The second-order valence-corrected chi connectivity index (χ2v) is 28.9. The second kappa shape index (κ2) is 35.0. The van der Waals surface area contributed by atoms with Crippen molar-refractivity contribution in [3.63, 3.8) is 0 Å². The van der Waals surface area contributed by atoms with Crippen LogP contribution in [0, 0.1) is 0 Å². The quantitative estimate of drug-likeness (QED) is 0.0192. The number of imidazole rings is 1. The molecule has 4 aliphatic heterocycles. The molecule has 3 fully saturated rings. The van der Waals surface area contributed by atoms with Crippen molar-refractivity contribution in [3.8, 4) is 0 Å². The van der Waals surface area contributed by atoms with Crippen molar-refractivity contribution < 1.29 is 55.5 Å². The molecule has 4 aromatic rings. The number of nitrogen functional groups attached to an aromatic ring is 1. The molecule has 27 heteroatoms. The Bertz CT molecular complexity index is 2610. The number of aryl methyl sites for hydroxylation is 1. The molecule has 4 aromatic heterocycles. The molecule has 0 spiro atoms. The lowest BCUT2D eigenvalue weighted by molar-refractivity contribution is -0.929. The van der Waals surface area contributed by atoms with Crippen LogP contribution in [0.5, 0.6) is 0 Å². The van der Waals surface area contributed by atoms with E-state index >= 15 is 4.39 Å². The van der Waals surface area contributed by atoms with Crippen molar-refractivity contribution in [3.05, 3.63) is 24.4 Å². The fraction of sp³-hybridized carbons (Fsp3) is 0.810. The van der Waals surface area contributed by atoms with Gasteiger partial charge in [-0.15, -0.1) is 0 Å². The molecule has 0 saturated carbocycles. The number of fused-ring (bicyclic) bond motifs is 4. The Morgan fingerprint density at radius 2 is 1.28 bits per heavy atom. The van der Waals surface area contributed by atoms with E-state index in [9.17, 15) is 14.6 Å². The summed E-state index contributed by atoms with van der Waals surface area (Å²) in [6.07, 6.45) is 16.1. The average Bonchev–Trinajstić information content (AvgIpc) is 1.90. The van der Waals surface area contributed by atoms with Gasteiger partial charge in [0.2, 0.25) is 12.7 Å². The highest BCUT2D eigenvalue weighted by Crippen LogP contribution is 2.54. The molecule has 8 rings (SSSR count). The number of aliphatic hydroxyl groups excluding tert-OH is 1. The number of nitrogens with one attached hydrogen (secondary N) is 2. The van der Waals surface area contributed by atoms with Crippen LogP contribution in [0.25, 0.3) is 22.2 Å². The van der Waals surface area contributed by atoms with Gasteiger partial charge in [-0.05, 0) is 69.8 Å². The van der Waals surface area contributed by atoms with Crippen molar-refractivity contribution in [2.45, 2.75) is 220 Å². The molecule has 3 saturated heterocycles. The van der Waals surface area contributed by atoms with Crippen LogP contribution in [0.4, 0.5) is 22.0 Å². The van der Waals surface area contributed by atoms with E-state index in [-0.39, 0.29) is 29.5 Å². The first kappa shape index (κ1) is 71.4. The predicted octanol–water partition coefficient (Wildman–Crippen LogP) is 10.1. The minimum Gasteiger partial charge on any atom is -0.780 e. The van der Waals surface area contributed by atoms with E-state index in [4.69, 9.17) is 63.1 Å². The van der Waals surface area contributed by atoms with Gasteiger partial charge in [0, 0.05) is 25.8 Å². The molecule has 22 nitrogen and oxygen atoms in total. The van der Waals surface area contributed by atoms with Crippen molar-refractivity contribution in [2.24, 2.45) is 5.73 Å². The van der Waals surface area contributed by atoms with Gasteiger partial charge in [-0.25, -0.2) is 19.3 Å². The highest BCUT2D eigenvalue weighted by molar-refractivity contribution is 8.32. The number of aromatic nitrogens is 7. The third-order valence-electron chi connectivity index (χ3n) is 16.8. The summed E-state index contributed by atoms with van der Waals surface area (Å²) in [7, 11) is 0. The number of rotatable bonds is 29. The summed E-state index contributed by atoms with van der Waals surface area (Å²) in [6.45, 7) is 21.1. The first-order chi connectivity index (χ1) is 40.9. The Hall–Kier alpha value is -2.71. The minimum absolute atomic E-state index is 0.0116. The minimum atomic E-state index is -4.55. The third kappa shape index (κ3) is 19.6. The maximum atomic E-state index is 16.1. The largest absolute Gasteiger partial charge is 0.780 e. The Morgan fingerprint density at radius 1 is 0.753 bits per heavy atom. The molecule has 2 unspecified atom stereocenters. The lowest BCUT2D eigenvalue weighted by Gasteiger charge is -2.39. The van der Waals surface area contributed by atoms with Crippen LogP contribution in [0.1, 0.15) is 183 Å². The molecule has 0 amide bonds. The lowest BCUT2D eigenvalue weighted by Crippen LogP contribution is -2.50. The monoisotopic (exact) mass is 1270 g/mol. The number of alkyl halides is 1. The molecule has 85 heavy (non-hydrogen) atoms. The van der Waals surface area contributed by atoms with Gasteiger partial charge in [-0.1, -0.05) is 119 Å². The van der Waals surface area contributed by atoms with Gasteiger partial charge >= 0.3 is 0 Å². The van der Waals surface area contributed by atoms with Crippen molar-refractivity contribution in [2.75, 3.05) is 102 Å². The highest BCUT2D eigenvalue weighted by atomic mass is 32.7. The van der Waals surface area contributed by atoms with E-state index in [1.807, 2.05) is 0 Å². The predicted molar refractivity (Wildman–Crippen MR) is 340 cm³/mol. The van der Waals surface area contributed by atoms with Crippen molar-refractivity contribution >= 4 is 77.4 Å². The summed E-state index contributed by atoms with van der Waals surface area (Å²) in [6, 6.07) is 0. The van der Waals surface area contributed by atoms with Crippen LogP contribution in [0.15, 0.2) is 18.9 Å². The molecule has 4 aliphatic rings. The zero-order valence-electron chi connectivity index (χ0n) is 52.3. The van der Waals surface area contributed by atoms with Gasteiger partial charge in [0.1, 0.15) is 60.5 Å². The molecule has 7 N–H and O–H groups in total. The molecule has 2 bridgehead atoms. The number of nitrogens with two attached hydrogens (primary N) is 2. The number of hydrogen-bond acceptors (Lipinski definition) is 20. The molecule has 8 heterocycles. The van der Waals surface area contributed by atoms with E-state index in [1.165, 1.54) is 181 Å². The summed E-state index contributed by atoms with van der Waals surface area (Å²) < 4.78 is 70.1. The summed E-state index contributed by atoms with van der Waals surface area (Å²) in [4.78, 5) is 35.1. The summed E-state index contributed by atoms with van der Waals surface area (Å²) in [5.74, 6) is 0.766. The smallest absolute Gasteiger partial charge is 0.226 e. The van der Waals surface area contributed by atoms with E-state index < -0.39 is 75.9 Å². The first-order valence-electron chi connectivity index (χ1n) is 32.0. The van der Waals surface area contributed by atoms with Gasteiger partial charge in [0.15, 0.2) is 30.1 Å². The molecule has 0 aliphatic carbocycles. The van der Waals surface area contributed by atoms with E-state index in [0.717, 1.165) is 23.9 Å². The van der Waals surface area contributed by atoms with Crippen LogP contribution in [0.3, 0.4) is 0 Å². The van der Waals surface area contributed by atoms with Crippen molar-refractivity contribution in [1.82, 2.24) is 34.1 Å². The Kier molecular flexibility index (Phi) is 29.4. The summed E-state index contributed by atoms with van der Waals surface area (Å²) >= 11 is 10.4. The molecule has 0 aromatic carbocycles. The third-order valence-corrected chi connectivity index (χ3v) is 19.9. The molecular weight excluding hydrogens is 1170 g/mol. The fourth-order valence-electron chi connectivity index (χ4n) is 11.9. The number of nitrogens with zero attached hydrogens (tertiary/aromatic N) is 9. The standard InChI is InChI=1S/C26H34FN11O9P2S2.2C16H36N/c27-15-12-7-42-48(40,50)46-18-13(45-24(17(18)39)37-6-11-2-1-4-30-21-14(11)22(37)33-9-32-21)8-43-49(41,51)47-19(15)25(44-12)38-10-34-16-20(29)35-26(31-5-3-28)36-23(16)38;2*1-5-9-13-17(14-10-6-2,15-11-7-3)16-12-8-4/h6,9-10,12-13,15,17-19,24-25,39H,1-5,7-8,28H2,(H,40,50)(H,41,51)(H,30,32,33)(H3,29,31,35,36);2*5-16H2,1-4H3/q;2*+1/p-2/t12-,13-,15-,17-,18-,19-,24-,25-,48?,49?;;/m1../s1. The number of halogens is 1. The number of ether oxygens (including phenoxy) is 2. The van der Waals surface area contributed by atoms with Gasteiger partial charge in [0.25, 0.3) is 0 Å². The number of anilines is 3. The molecule has 0 radical (unpaired) electrons. The topological polar surface area (TPSA) is 266 Å². The van der Waals surface area contributed by atoms with Gasteiger partial charge in [-0.2, -0.15) is 9.97 Å². The number of aliphatic hydroxyl groups is 1.